The van der Waals surface area contributed by atoms with E-state index in [9.17, 15) is 21.0 Å². The van der Waals surface area contributed by atoms with Crippen molar-refractivity contribution in [1.29, 1.82) is 21.0 Å². The molecule has 6 nitrogen and oxygen atoms in total. The summed E-state index contributed by atoms with van der Waals surface area (Å²) in [5.74, 6) is -0.372. The summed E-state index contributed by atoms with van der Waals surface area (Å²) in [5, 5.41) is 43.6. The Morgan fingerprint density at radius 3 is 0.730 bits per heavy atom. The largest absolute Gasteiger partial charge is 0.289 e. The van der Waals surface area contributed by atoms with Crippen molar-refractivity contribution in [3.8, 4) is 46.5 Å². The number of rotatable bonds is 46. The van der Waals surface area contributed by atoms with Gasteiger partial charge < -0.3 is 0 Å². The van der Waals surface area contributed by atoms with Gasteiger partial charge in [0, 0.05) is 52.9 Å². The summed E-state index contributed by atoms with van der Waals surface area (Å²) in [7, 11) is 0. The number of hydrogen-bond donors (Lipinski definition) is 0. The number of hydrogen-bond acceptors (Lipinski definition) is 8. The molecule has 0 N–H and O–H groups in total. The molecule has 0 aliphatic heterocycles. The molecule has 0 spiro atoms. The molecule has 0 fully saturated rings. The molecule has 122 heavy (non-hydrogen) atoms. The van der Waals surface area contributed by atoms with Gasteiger partial charge in [-0.25, -0.2) is 0 Å². The fourth-order valence-corrected chi connectivity index (χ4v) is 23.1. The van der Waals surface area contributed by atoms with Gasteiger partial charge in [0.2, 0.25) is 0 Å². The smallest absolute Gasteiger partial charge is 0.194 e. The number of allylic oxidation sites excluding steroid dienone is 6. The number of nitriles is 4. The number of fused-ring (bicyclic) bond motifs is 8. The summed E-state index contributed by atoms with van der Waals surface area (Å²) in [6, 6.07) is 65.3. The van der Waals surface area contributed by atoms with Crippen molar-refractivity contribution >= 4 is 57.5 Å². The molecule has 0 radical (unpaired) electrons. The van der Waals surface area contributed by atoms with Crippen LogP contribution in [0.25, 0.3) is 45.6 Å². The molecule has 4 aliphatic carbocycles. The van der Waals surface area contributed by atoms with Crippen molar-refractivity contribution < 1.29 is 9.59 Å². The van der Waals surface area contributed by atoms with Gasteiger partial charge in [-0.3, -0.25) is 9.59 Å². The molecule has 0 bridgehead atoms. The van der Waals surface area contributed by atoms with Crippen LogP contribution in [-0.2, 0) is 62.2 Å². The van der Waals surface area contributed by atoms with Crippen LogP contribution in [0.3, 0.4) is 0 Å². The lowest BCUT2D eigenvalue weighted by atomic mass is 9.66. The lowest BCUT2D eigenvalue weighted by Crippen LogP contribution is -2.30. The minimum atomic E-state index is -0.935. The summed E-state index contributed by atoms with van der Waals surface area (Å²) < 4.78 is 0. The maximum absolute atomic E-state index is 15.4. The van der Waals surface area contributed by atoms with E-state index in [0.29, 0.717) is 44.5 Å². The van der Waals surface area contributed by atoms with E-state index >= 15 is 9.59 Å². The Labute approximate surface area is 740 Å². The Hall–Kier alpha value is -9.80. The van der Waals surface area contributed by atoms with Gasteiger partial charge in [0.05, 0.1) is 10.8 Å². The number of ketones is 2. The summed E-state index contributed by atoms with van der Waals surface area (Å²) >= 11 is 3.56. The Morgan fingerprint density at radius 2 is 0.508 bits per heavy atom. The summed E-state index contributed by atoms with van der Waals surface area (Å²) in [6.07, 6.45) is 48.4. The van der Waals surface area contributed by atoms with E-state index in [0.717, 1.165) is 226 Å². The fourth-order valence-electron chi connectivity index (χ4n) is 20.4. The van der Waals surface area contributed by atoms with Crippen LogP contribution < -0.4 is 0 Å². The van der Waals surface area contributed by atoms with E-state index in [1.54, 1.807) is 22.7 Å². The number of Topliss-reactive ketones (excluding diaryl/α,β-unsaturated/α-hetero) is 2. The van der Waals surface area contributed by atoms with Gasteiger partial charge in [-0.15, -0.1) is 22.7 Å². The standard InChI is InChI=1S/C114H130N4O2S2/c1-9-17-25-33-45-79-57-80(46-34-26-18-10-2)62-89(61-79)113(90-63-81(47-35-27-19-11-3)58-82(64-90)48-36-28-20-12-4)105-73-100-102-70-94(72-104-108(88(77-117)78-118)96-54-42-44-56-98(96)110(104)120)122-112(102)114(91-65-83(49-37-29-21-13-5)59-84(66-91)50-38-30-22-14-6,92-67-85(51-39-31-23-15-7)60-86(68-92)52-40-32-24-16-8)106(100)74-99(105)101-69-93(121-111(101)113)71-103-107(87(75-115)76-116)95-53-41-43-55-97(95)109(103)119/h41-44,53-74H,9-40,45-52H2,1-8H3/b103-71-,104-72-. The second kappa shape index (κ2) is 43.5. The Balaban J connectivity index is 1.23. The second-order valence-corrected chi connectivity index (χ2v) is 37.8. The van der Waals surface area contributed by atoms with Crippen LogP contribution in [0.5, 0.6) is 0 Å². The first-order chi connectivity index (χ1) is 59.8. The van der Waals surface area contributed by atoms with Gasteiger partial charge in [0.1, 0.15) is 35.4 Å². The highest BCUT2D eigenvalue weighted by Crippen LogP contribution is 2.66. The molecule has 0 amide bonds. The van der Waals surface area contributed by atoms with Gasteiger partial charge >= 0.3 is 0 Å². The molecule has 9 aromatic rings. The van der Waals surface area contributed by atoms with Crippen LogP contribution in [0.15, 0.2) is 168 Å². The van der Waals surface area contributed by atoms with E-state index in [2.05, 4.69) is 177 Å². The number of unbranched alkanes of at least 4 members (excludes halogenated alkanes) is 24. The number of nitrogens with zero attached hydrogens (tertiary/aromatic N) is 4. The van der Waals surface area contributed by atoms with Gasteiger partial charge in [-0.1, -0.05) is 331 Å². The first kappa shape index (κ1) is 89.9. The van der Waals surface area contributed by atoms with Crippen LogP contribution >= 0.6 is 22.7 Å². The molecule has 0 atom stereocenters. The molecule has 13 rings (SSSR count). The van der Waals surface area contributed by atoms with Crippen LogP contribution in [0.1, 0.15) is 390 Å². The SMILES string of the molecule is CCCCCCc1cc(CCCCCC)cc(C2(c3cc(CCCCCC)cc(CCCCCC)c3)c3cc4c(cc3-c3cc(/C=C5\C(=O)c6ccccc6C5=C(C#N)C#N)sc32)C(c2cc(CCCCCC)cc(CCCCCC)c2)(c2cc(CCCCCC)cc(CCCCCC)c2)c2sc(/C=C3\C(=O)c5ccccc5C3=C(C#N)C#N)cc2-4)c1. The summed E-state index contributed by atoms with van der Waals surface area (Å²) in [6.45, 7) is 18.5. The number of benzene rings is 7. The average molecular weight is 1650 g/mol. The minimum absolute atomic E-state index is 0.0734. The predicted molar refractivity (Wildman–Crippen MR) is 513 cm³/mol. The van der Waals surface area contributed by atoms with Crippen molar-refractivity contribution in [3.05, 3.63) is 288 Å². The van der Waals surface area contributed by atoms with Gasteiger partial charge in [-0.2, -0.15) is 21.0 Å². The molecule has 630 valence electrons. The highest BCUT2D eigenvalue weighted by molar-refractivity contribution is 7.14. The third-order valence-electron chi connectivity index (χ3n) is 26.7. The highest BCUT2D eigenvalue weighted by atomic mass is 32.1. The zero-order valence-electron chi connectivity index (χ0n) is 74.7. The van der Waals surface area contributed by atoms with E-state index in [4.69, 9.17) is 0 Å². The van der Waals surface area contributed by atoms with E-state index in [1.165, 1.54) is 150 Å². The molecule has 0 unspecified atom stereocenters. The lowest BCUT2D eigenvalue weighted by molar-refractivity contribution is 0.103. The number of carbonyl (C=O) groups excluding carboxylic acids is 2. The normalized spacial score (nSPS) is 14.4. The maximum atomic E-state index is 15.4. The molecule has 2 aromatic heterocycles. The monoisotopic (exact) mass is 1650 g/mol. The topological polar surface area (TPSA) is 129 Å². The molecule has 8 heteroatoms. The molecule has 7 aromatic carbocycles. The fraction of sp³-hybridized carbons (Fsp3) is 0.439. The van der Waals surface area contributed by atoms with Crippen molar-refractivity contribution in [2.75, 3.05) is 0 Å². The molecule has 0 saturated heterocycles. The van der Waals surface area contributed by atoms with E-state index in [1.807, 2.05) is 60.7 Å². The highest BCUT2D eigenvalue weighted by Gasteiger charge is 2.54. The third-order valence-corrected chi connectivity index (χ3v) is 29.1. The zero-order chi connectivity index (χ0) is 85.5. The Bertz CT molecular complexity index is 4910. The number of thiophene rings is 2. The van der Waals surface area contributed by atoms with Crippen LogP contribution in [0, 0.1) is 45.3 Å². The molecule has 2 heterocycles. The second-order valence-electron chi connectivity index (χ2n) is 35.7. The third kappa shape index (κ3) is 19.4. The van der Waals surface area contributed by atoms with Gasteiger partial charge in [0.25, 0.3) is 0 Å². The molecule has 0 saturated carbocycles. The number of aryl methyl sites for hydroxylation is 8. The maximum Gasteiger partial charge on any atom is 0.194 e. The zero-order valence-corrected chi connectivity index (χ0v) is 76.4. The van der Waals surface area contributed by atoms with E-state index < -0.39 is 10.8 Å². The van der Waals surface area contributed by atoms with Crippen molar-refractivity contribution in [2.45, 2.75) is 323 Å². The van der Waals surface area contributed by atoms with E-state index in [-0.39, 0.29) is 22.7 Å². The van der Waals surface area contributed by atoms with Gasteiger partial charge in [-0.05, 0) is 250 Å². The van der Waals surface area contributed by atoms with Crippen LogP contribution in [0.2, 0.25) is 0 Å². The van der Waals surface area contributed by atoms with Crippen LogP contribution in [-0.4, -0.2) is 11.6 Å². The first-order valence-electron chi connectivity index (χ1n) is 47.7. The lowest BCUT2D eigenvalue weighted by Gasteiger charge is -2.36. The summed E-state index contributed by atoms with van der Waals surface area (Å²) in [4.78, 5) is 35.1. The van der Waals surface area contributed by atoms with Crippen LogP contribution in [0.4, 0.5) is 0 Å². The minimum Gasteiger partial charge on any atom is -0.289 e. The number of carbonyl (C=O) groups is 2. The Morgan fingerprint density at radius 1 is 0.279 bits per heavy atom. The quantitative estimate of drug-likeness (QED) is 0.0212. The van der Waals surface area contributed by atoms with Gasteiger partial charge in [0.15, 0.2) is 11.6 Å². The average Bonchev–Trinajstić information content (AvgIpc) is 1.50. The van der Waals surface area contributed by atoms with Crippen molar-refractivity contribution in [2.24, 2.45) is 0 Å². The molecular weight excluding hydrogens is 1520 g/mol. The molecular formula is C114H130N4O2S2. The van der Waals surface area contributed by atoms with Crippen molar-refractivity contribution in [1.82, 2.24) is 0 Å². The molecule has 4 aliphatic rings. The Kier molecular flexibility index (Phi) is 32.1. The van der Waals surface area contributed by atoms with Crippen molar-refractivity contribution in [3.63, 3.8) is 0 Å². The predicted octanol–water partition coefficient (Wildman–Crippen LogP) is 31.7. The summed E-state index contributed by atoms with van der Waals surface area (Å²) in [5.41, 5.74) is 24.7. The first-order valence-corrected chi connectivity index (χ1v) is 49.3.